The molecule has 1 aromatic carbocycles. The Labute approximate surface area is 203 Å². The number of rotatable bonds is 8. The number of H-pyrrole nitrogens is 1. The maximum absolute atomic E-state index is 13.3. The lowest BCUT2D eigenvalue weighted by molar-refractivity contribution is -0.138. The van der Waals surface area contributed by atoms with Gasteiger partial charge in [0.2, 0.25) is 0 Å². The quantitative estimate of drug-likeness (QED) is 0.402. The number of para-hydroxylation sites is 1. The third-order valence-electron chi connectivity index (χ3n) is 5.88. The molecule has 1 aliphatic carbocycles. The van der Waals surface area contributed by atoms with Gasteiger partial charge in [0.15, 0.2) is 11.6 Å². The van der Waals surface area contributed by atoms with Crippen LogP contribution in [0.5, 0.6) is 11.5 Å². The summed E-state index contributed by atoms with van der Waals surface area (Å²) < 4.78 is 46.2. The molecule has 1 atom stereocenters. The van der Waals surface area contributed by atoms with E-state index >= 15 is 0 Å². The second-order valence-electron chi connectivity index (χ2n) is 8.37. The van der Waals surface area contributed by atoms with Crippen molar-refractivity contribution in [2.24, 2.45) is 5.92 Å². The van der Waals surface area contributed by atoms with Crippen molar-refractivity contribution in [1.82, 2.24) is 20.0 Å². The van der Waals surface area contributed by atoms with Gasteiger partial charge in [-0.2, -0.15) is 23.4 Å². The van der Waals surface area contributed by atoms with Crippen LogP contribution in [0.1, 0.15) is 49.4 Å². The van der Waals surface area contributed by atoms with Crippen LogP contribution in [0.3, 0.4) is 0 Å². The number of alkyl halides is 4. The monoisotopic (exact) mass is 509 g/mol. The molecular formula is C23H23ClF3N5O3. The van der Waals surface area contributed by atoms with Gasteiger partial charge in [0, 0.05) is 12.1 Å². The molecule has 0 spiro atoms. The molecule has 12 heteroatoms. The van der Waals surface area contributed by atoms with Gasteiger partial charge in [-0.3, -0.25) is 14.7 Å². The summed E-state index contributed by atoms with van der Waals surface area (Å²) in [5.74, 6) is -0.399. The molecule has 3 aromatic rings. The Morgan fingerprint density at radius 2 is 2.00 bits per heavy atom. The highest BCUT2D eigenvalue weighted by Crippen LogP contribution is 2.37. The fourth-order valence-electron chi connectivity index (χ4n) is 4.19. The summed E-state index contributed by atoms with van der Waals surface area (Å²) in [7, 11) is 0. The number of aromatic nitrogens is 4. The highest BCUT2D eigenvalue weighted by atomic mass is 35.5. The van der Waals surface area contributed by atoms with E-state index in [-0.39, 0.29) is 23.4 Å². The zero-order valence-electron chi connectivity index (χ0n) is 18.5. The lowest BCUT2D eigenvalue weighted by Gasteiger charge is -2.21. The van der Waals surface area contributed by atoms with Crippen molar-refractivity contribution < 1.29 is 22.7 Å². The summed E-state index contributed by atoms with van der Waals surface area (Å²) in [6.45, 7) is 0. The third-order valence-corrected chi connectivity index (χ3v) is 6.16. The second-order valence-corrected chi connectivity index (χ2v) is 8.64. The van der Waals surface area contributed by atoms with E-state index in [0.717, 1.165) is 54.8 Å². The van der Waals surface area contributed by atoms with Gasteiger partial charge in [-0.25, -0.2) is 4.68 Å². The Hall–Kier alpha value is -3.34. The number of aromatic amines is 1. The fraction of sp³-hybridized carbons (Fsp3) is 0.391. The summed E-state index contributed by atoms with van der Waals surface area (Å²) in [5, 5.41) is 13.4. The van der Waals surface area contributed by atoms with E-state index in [1.165, 1.54) is 12.1 Å². The minimum Gasteiger partial charge on any atom is -0.455 e. The highest BCUT2D eigenvalue weighted by molar-refractivity contribution is 6.16. The van der Waals surface area contributed by atoms with Crippen molar-refractivity contribution in [3.05, 3.63) is 64.2 Å². The number of anilines is 1. The number of halogens is 4. The van der Waals surface area contributed by atoms with E-state index in [1.54, 1.807) is 6.07 Å². The van der Waals surface area contributed by atoms with Crippen LogP contribution in [0.15, 0.2) is 47.4 Å². The number of benzene rings is 1. The van der Waals surface area contributed by atoms with Crippen LogP contribution in [-0.4, -0.2) is 25.9 Å². The molecule has 2 aromatic heterocycles. The number of amides is 1. The Bertz CT molecular complexity index is 1240. The van der Waals surface area contributed by atoms with Crippen LogP contribution in [0.25, 0.3) is 0 Å². The van der Waals surface area contributed by atoms with Crippen LogP contribution in [0, 0.1) is 5.92 Å². The molecule has 2 heterocycles. The Morgan fingerprint density at radius 3 is 2.66 bits per heavy atom. The van der Waals surface area contributed by atoms with E-state index in [0.29, 0.717) is 12.1 Å². The normalized spacial score (nSPS) is 15.2. The molecule has 186 valence electrons. The van der Waals surface area contributed by atoms with E-state index < -0.39 is 35.0 Å². The van der Waals surface area contributed by atoms with Crippen LogP contribution < -0.4 is 15.6 Å². The molecule has 1 saturated carbocycles. The second kappa shape index (κ2) is 10.5. The van der Waals surface area contributed by atoms with Crippen molar-refractivity contribution in [1.29, 1.82) is 0 Å². The lowest BCUT2D eigenvalue weighted by Crippen LogP contribution is -2.35. The molecule has 0 bridgehead atoms. The van der Waals surface area contributed by atoms with E-state index in [4.69, 9.17) is 16.3 Å². The highest BCUT2D eigenvalue weighted by Gasteiger charge is 2.34. The largest absolute Gasteiger partial charge is 0.455 e. The van der Waals surface area contributed by atoms with Crippen molar-refractivity contribution in [2.45, 2.75) is 50.2 Å². The number of nitrogens with zero attached hydrogens (tertiary/aromatic N) is 3. The van der Waals surface area contributed by atoms with Gasteiger partial charge in [-0.15, -0.1) is 11.6 Å². The van der Waals surface area contributed by atoms with Crippen LogP contribution in [0.4, 0.5) is 19.0 Å². The minimum atomic E-state index is -4.63. The predicted molar refractivity (Wildman–Crippen MR) is 122 cm³/mol. The number of carbonyl (C=O) groups is 1. The van der Waals surface area contributed by atoms with E-state index in [9.17, 15) is 22.8 Å². The minimum absolute atomic E-state index is 0.165. The first-order valence-corrected chi connectivity index (χ1v) is 11.6. The van der Waals surface area contributed by atoms with Gasteiger partial charge in [0.25, 0.3) is 11.5 Å². The Morgan fingerprint density at radius 1 is 1.26 bits per heavy atom. The van der Waals surface area contributed by atoms with Crippen LogP contribution >= 0.6 is 11.6 Å². The Kier molecular flexibility index (Phi) is 7.44. The smallest absolute Gasteiger partial charge is 0.419 e. The topological polar surface area (TPSA) is 102 Å². The maximum Gasteiger partial charge on any atom is 0.419 e. The molecule has 1 fully saturated rings. The SMILES string of the molecule is O=C(Nc1cc(CCl)[nH]n1)C(CC1CCCC1)n1ncc(Oc2ccccc2C(F)(F)F)cc1=O. The zero-order chi connectivity index (χ0) is 25.0. The van der Waals surface area contributed by atoms with Crippen LogP contribution in [0.2, 0.25) is 0 Å². The molecule has 8 nitrogen and oxygen atoms in total. The first kappa shape index (κ1) is 24.8. The van der Waals surface area contributed by atoms with Gasteiger partial charge < -0.3 is 10.1 Å². The number of hydrogen-bond donors (Lipinski definition) is 2. The van der Waals surface area contributed by atoms with Gasteiger partial charge in [-0.1, -0.05) is 37.8 Å². The molecule has 1 aliphatic rings. The average molecular weight is 510 g/mol. The van der Waals surface area contributed by atoms with Crippen LogP contribution in [-0.2, 0) is 16.9 Å². The molecule has 35 heavy (non-hydrogen) atoms. The van der Waals surface area contributed by atoms with Crippen molar-refractivity contribution in [2.75, 3.05) is 5.32 Å². The third kappa shape index (κ3) is 6.02. The number of carbonyl (C=O) groups excluding carboxylic acids is 1. The molecule has 1 amide bonds. The Balaban J connectivity index is 1.59. The summed E-state index contributed by atoms with van der Waals surface area (Å²) in [4.78, 5) is 26.0. The lowest BCUT2D eigenvalue weighted by atomic mass is 9.98. The van der Waals surface area contributed by atoms with Gasteiger partial charge in [-0.05, 0) is 24.5 Å². The fourth-order valence-corrected chi connectivity index (χ4v) is 4.33. The zero-order valence-corrected chi connectivity index (χ0v) is 19.3. The summed E-state index contributed by atoms with van der Waals surface area (Å²) >= 11 is 5.76. The number of hydrogen-bond acceptors (Lipinski definition) is 5. The van der Waals surface area contributed by atoms with Gasteiger partial charge >= 0.3 is 6.18 Å². The van der Waals surface area contributed by atoms with E-state index in [2.05, 4.69) is 20.6 Å². The predicted octanol–water partition coefficient (Wildman–Crippen LogP) is 5.28. The van der Waals surface area contributed by atoms with E-state index in [1.807, 2.05) is 0 Å². The molecule has 1 unspecified atom stereocenters. The van der Waals surface area contributed by atoms with Gasteiger partial charge in [0.05, 0.1) is 23.3 Å². The molecule has 0 saturated heterocycles. The van der Waals surface area contributed by atoms with Crippen molar-refractivity contribution in [3.8, 4) is 11.5 Å². The number of nitrogens with one attached hydrogen (secondary N) is 2. The standard InChI is InChI=1S/C23H23ClF3N5O3/c24-12-15-10-20(31-30-15)29-22(34)18(9-14-5-1-2-6-14)32-21(33)11-16(13-28-32)35-19-8-4-3-7-17(19)23(25,26)27/h3-4,7-8,10-11,13-14,18H,1-2,5-6,9,12H2,(H2,29,30,31,34). The molecular weight excluding hydrogens is 487 g/mol. The maximum atomic E-state index is 13.3. The molecule has 2 N–H and O–H groups in total. The first-order chi connectivity index (χ1) is 16.7. The van der Waals surface area contributed by atoms with Crippen molar-refractivity contribution in [3.63, 3.8) is 0 Å². The van der Waals surface area contributed by atoms with Gasteiger partial charge in [0.1, 0.15) is 11.8 Å². The summed E-state index contributed by atoms with van der Waals surface area (Å²) in [6.07, 6.45) is 0.862. The van der Waals surface area contributed by atoms with Crippen molar-refractivity contribution >= 4 is 23.3 Å². The average Bonchev–Trinajstić information content (AvgIpc) is 3.49. The number of ether oxygens (including phenoxy) is 1. The first-order valence-electron chi connectivity index (χ1n) is 11.1. The molecule has 0 aliphatic heterocycles. The summed E-state index contributed by atoms with van der Waals surface area (Å²) in [6, 6.07) is 6.36. The molecule has 4 rings (SSSR count). The summed E-state index contributed by atoms with van der Waals surface area (Å²) in [5.41, 5.74) is -1.03. The molecule has 0 radical (unpaired) electrons.